The van der Waals surface area contributed by atoms with Crippen LogP contribution in [0.2, 0.25) is 0 Å². The Hall–Kier alpha value is -1.25. The molecule has 1 aromatic heterocycles. The molecule has 1 aromatic rings. The van der Waals surface area contributed by atoms with E-state index in [9.17, 15) is 18.0 Å². The molecule has 0 aliphatic carbocycles. The van der Waals surface area contributed by atoms with Crippen molar-refractivity contribution in [2.24, 2.45) is 7.05 Å². The third kappa shape index (κ3) is 2.87. The van der Waals surface area contributed by atoms with Crippen molar-refractivity contribution in [3.63, 3.8) is 0 Å². The van der Waals surface area contributed by atoms with E-state index in [2.05, 4.69) is 14.9 Å². The second kappa shape index (κ2) is 4.73. The minimum Gasteiger partial charge on any atom is -0.468 e. The van der Waals surface area contributed by atoms with Gasteiger partial charge in [-0.3, -0.25) is 4.79 Å². The summed E-state index contributed by atoms with van der Waals surface area (Å²) in [5.74, 6) is -1.75. The van der Waals surface area contributed by atoms with E-state index in [1.165, 1.54) is 14.2 Å². The van der Waals surface area contributed by atoms with E-state index in [-0.39, 0.29) is 10.9 Å². The Morgan fingerprint density at radius 3 is 2.56 bits per heavy atom. The van der Waals surface area contributed by atoms with E-state index in [1.54, 1.807) is 0 Å². The van der Waals surface area contributed by atoms with Crippen LogP contribution in [0.3, 0.4) is 0 Å². The number of rotatable bonds is 3. The van der Waals surface area contributed by atoms with E-state index in [0.717, 1.165) is 16.3 Å². The summed E-state index contributed by atoms with van der Waals surface area (Å²) < 4.78 is 42.0. The highest BCUT2D eigenvalue weighted by Gasteiger charge is 2.37. The van der Waals surface area contributed by atoms with Gasteiger partial charge in [-0.25, -0.2) is 0 Å². The highest BCUT2D eigenvalue weighted by atomic mass is 32.2. The van der Waals surface area contributed by atoms with Crippen LogP contribution in [0.1, 0.15) is 5.82 Å². The quantitative estimate of drug-likeness (QED) is 0.598. The second-order valence-electron chi connectivity index (χ2n) is 2.73. The maximum atomic E-state index is 12.3. The van der Waals surface area contributed by atoms with Crippen molar-refractivity contribution >= 4 is 17.7 Å². The first kappa shape index (κ1) is 12.8. The molecule has 0 atom stereocenters. The molecular weight excluding hydrogens is 247 g/mol. The molecule has 0 radical (unpaired) electrons. The lowest BCUT2D eigenvalue weighted by Gasteiger charge is -2.05. The zero-order valence-electron chi connectivity index (χ0n) is 8.41. The van der Waals surface area contributed by atoms with Crippen molar-refractivity contribution < 1.29 is 22.7 Å². The number of alkyl halides is 3. The number of nitrogens with zero attached hydrogens (tertiary/aromatic N) is 3. The summed E-state index contributed by atoms with van der Waals surface area (Å²) in [6.45, 7) is 0. The largest absolute Gasteiger partial charge is 0.468 e. The fourth-order valence-corrected chi connectivity index (χ4v) is 1.61. The maximum Gasteiger partial charge on any atom is 0.451 e. The standard InChI is InChI=1S/C7H8F3N3O2S/c1-13-5(7(8,9)10)11-12-6(13)16-3-4(14)15-2/h3H2,1-2H3. The zero-order chi connectivity index (χ0) is 12.3. The Balaban J connectivity index is 2.77. The van der Waals surface area contributed by atoms with Gasteiger partial charge in [0.25, 0.3) is 0 Å². The Morgan fingerprint density at radius 1 is 1.50 bits per heavy atom. The Labute approximate surface area is 93.0 Å². The first-order valence-corrected chi connectivity index (χ1v) is 5.01. The lowest BCUT2D eigenvalue weighted by molar-refractivity contribution is -0.147. The molecule has 16 heavy (non-hydrogen) atoms. The Morgan fingerprint density at radius 2 is 2.12 bits per heavy atom. The average molecular weight is 255 g/mol. The highest BCUT2D eigenvalue weighted by Crippen LogP contribution is 2.29. The van der Waals surface area contributed by atoms with Crippen molar-refractivity contribution in [1.82, 2.24) is 14.8 Å². The summed E-state index contributed by atoms with van der Waals surface area (Å²) in [4.78, 5) is 10.8. The Kier molecular flexibility index (Phi) is 3.79. The predicted molar refractivity (Wildman–Crippen MR) is 48.7 cm³/mol. The third-order valence-corrected chi connectivity index (χ3v) is 2.63. The maximum absolute atomic E-state index is 12.3. The average Bonchev–Trinajstić information content (AvgIpc) is 2.55. The molecule has 0 aliphatic rings. The molecule has 0 saturated carbocycles. The number of carbonyl (C=O) groups excluding carboxylic acids is 1. The van der Waals surface area contributed by atoms with Crippen molar-refractivity contribution in [2.45, 2.75) is 11.3 Å². The van der Waals surface area contributed by atoms with E-state index in [4.69, 9.17) is 0 Å². The first-order valence-electron chi connectivity index (χ1n) is 4.02. The fraction of sp³-hybridized carbons (Fsp3) is 0.571. The number of methoxy groups -OCH3 is 1. The van der Waals surface area contributed by atoms with Crippen LogP contribution in [0.25, 0.3) is 0 Å². The van der Waals surface area contributed by atoms with E-state index in [0.29, 0.717) is 0 Å². The van der Waals surface area contributed by atoms with Crippen molar-refractivity contribution in [3.05, 3.63) is 5.82 Å². The zero-order valence-corrected chi connectivity index (χ0v) is 9.22. The van der Waals surface area contributed by atoms with Crippen molar-refractivity contribution in [1.29, 1.82) is 0 Å². The number of hydrogen-bond acceptors (Lipinski definition) is 5. The summed E-state index contributed by atoms with van der Waals surface area (Å²) >= 11 is 0.831. The molecule has 0 amide bonds. The number of thioether (sulfide) groups is 1. The van der Waals surface area contributed by atoms with Crippen molar-refractivity contribution in [3.8, 4) is 0 Å². The minimum absolute atomic E-state index is 0.0118. The molecular formula is C7H8F3N3O2S. The molecule has 5 nitrogen and oxygen atoms in total. The van der Waals surface area contributed by atoms with Crippen LogP contribution in [-0.2, 0) is 22.8 Å². The van der Waals surface area contributed by atoms with Gasteiger partial charge in [0.1, 0.15) is 0 Å². The van der Waals surface area contributed by atoms with Crippen LogP contribution in [0.5, 0.6) is 0 Å². The lowest BCUT2D eigenvalue weighted by Crippen LogP contribution is -2.13. The smallest absolute Gasteiger partial charge is 0.451 e. The summed E-state index contributed by atoms with van der Waals surface area (Å²) in [5, 5.41) is 6.35. The molecule has 0 spiro atoms. The predicted octanol–water partition coefficient (Wildman–Crippen LogP) is 1.10. The molecule has 1 rings (SSSR count). The van der Waals surface area contributed by atoms with Gasteiger partial charge in [0.15, 0.2) is 5.16 Å². The molecule has 0 N–H and O–H groups in total. The number of aromatic nitrogens is 3. The third-order valence-electron chi connectivity index (χ3n) is 1.64. The van der Waals surface area contributed by atoms with Crippen molar-refractivity contribution in [2.75, 3.05) is 12.9 Å². The van der Waals surface area contributed by atoms with Gasteiger partial charge in [0.05, 0.1) is 12.9 Å². The van der Waals surface area contributed by atoms with Crippen LogP contribution in [0.15, 0.2) is 5.16 Å². The molecule has 90 valence electrons. The molecule has 0 fully saturated rings. The topological polar surface area (TPSA) is 57.0 Å². The van der Waals surface area contributed by atoms with Crippen LogP contribution >= 0.6 is 11.8 Å². The van der Waals surface area contributed by atoms with E-state index in [1.807, 2.05) is 0 Å². The van der Waals surface area contributed by atoms with Gasteiger partial charge >= 0.3 is 12.1 Å². The number of ether oxygens (including phenoxy) is 1. The number of halogens is 3. The van der Waals surface area contributed by atoms with Crippen LogP contribution in [0, 0.1) is 0 Å². The van der Waals surface area contributed by atoms with Crippen LogP contribution in [-0.4, -0.2) is 33.6 Å². The summed E-state index contributed by atoms with van der Waals surface area (Å²) in [7, 11) is 2.38. The van der Waals surface area contributed by atoms with Gasteiger partial charge in [-0.2, -0.15) is 13.2 Å². The highest BCUT2D eigenvalue weighted by molar-refractivity contribution is 7.99. The molecule has 0 unspecified atom stereocenters. The molecule has 0 bridgehead atoms. The second-order valence-corrected chi connectivity index (χ2v) is 3.67. The summed E-state index contributed by atoms with van der Waals surface area (Å²) in [5.41, 5.74) is 0. The number of hydrogen-bond donors (Lipinski definition) is 0. The summed E-state index contributed by atoms with van der Waals surface area (Å²) in [6.07, 6.45) is -4.55. The van der Waals surface area contributed by atoms with Gasteiger partial charge in [-0.15, -0.1) is 10.2 Å². The Bertz CT molecular complexity index is 391. The van der Waals surface area contributed by atoms with Gasteiger partial charge in [0.2, 0.25) is 5.82 Å². The molecule has 0 aliphatic heterocycles. The van der Waals surface area contributed by atoms with Gasteiger partial charge in [0, 0.05) is 7.05 Å². The van der Waals surface area contributed by atoms with E-state index < -0.39 is 18.0 Å². The molecule has 0 aromatic carbocycles. The van der Waals surface area contributed by atoms with Crippen LogP contribution < -0.4 is 0 Å². The van der Waals surface area contributed by atoms with Gasteiger partial charge in [-0.05, 0) is 0 Å². The van der Waals surface area contributed by atoms with E-state index >= 15 is 0 Å². The normalized spacial score (nSPS) is 11.6. The van der Waals surface area contributed by atoms with Gasteiger partial charge < -0.3 is 9.30 Å². The molecule has 9 heteroatoms. The SMILES string of the molecule is COC(=O)CSc1nnc(C(F)(F)F)n1C. The van der Waals surface area contributed by atoms with Gasteiger partial charge in [-0.1, -0.05) is 11.8 Å². The number of esters is 1. The lowest BCUT2D eigenvalue weighted by atomic mass is 10.6. The minimum atomic E-state index is -4.55. The molecule has 0 saturated heterocycles. The monoisotopic (exact) mass is 255 g/mol. The molecule has 1 heterocycles. The van der Waals surface area contributed by atoms with Crippen LogP contribution in [0.4, 0.5) is 13.2 Å². The fourth-order valence-electron chi connectivity index (χ4n) is 0.870. The first-order chi connectivity index (χ1) is 7.36. The number of carbonyl (C=O) groups is 1. The summed E-state index contributed by atoms with van der Waals surface area (Å²) in [6, 6.07) is 0.